The molecule has 5 nitrogen and oxygen atoms in total. The zero-order valence-corrected chi connectivity index (χ0v) is 6.66. The Morgan fingerprint density at radius 2 is 2.42 bits per heavy atom. The van der Waals surface area contributed by atoms with E-state index in [2.05, 4.69) is 11.5 Å². The van der Waals surface area contributed by atoms with Crippen molar-refractivity contribution in [2.24, 2.45) is 0 Å². The van der Waals surface area contributed by atoms with E-state index in [0.717, 1.165) is 0 Å². The predicted octanol–water partition coefficient (Wildman–Crippen LogP) is -0.823. The first-order valence-electron chi connectivity index (χ1n) is 4.00. The number of carbonyl (C=O) groups is 1. The van der Waals surface area contributed by atoms with Gasteiger partial charge in [0.05, 0.1) is 12.6 Å². The van der Waals surface area contributed by atoms with Gasteiger partial charge in [0.15, 0.2) is 6.19 Å². The maximum Gasteiger partial charge on any atom is 0.317 e. The molecular formula is C7H10N4O. The van der Waals surface area contributed by atoms with E-state index in [-0.39, 0.29) is 12.1 Å². The minimum absolute atomic E-state index is 0.0117. The number of hydrogen-bond donors (Lipinski definition) is 1. The Morgan fingerprint density at radius 1 is 1.58 bits per heavy atom. The lowest BCUT2D eigenvalue weighted by molar-refractivity contribution is 0.154. The Labute approximate surface area is 70.5 Å². The van der Waals surface area contributed by atoms with Crippen LogP contribution in [-0.2, 0) is 0 Å². The fourth-order valence-corrected chi connectivity index (χ4v) is 1.69. The van der Waals surface area contributed by atoms with E-state index in [1.807, 2.05) is 0 Å². The zero-order chi connectivity index (χ0) is 8.55. The third kappa shape index (κ3) is 0.961. The van der Waals surface area contributed by atoms with Gasteiger partial charge in [0, 0.05) is 19.6 Å². The number of urea groups is 1. The first kappa shape index (κ1) is 7.22. The van der Waals surface area contributed by atoms with Crippen LogP contribution in [0, 0.1) is 11.5 Å². The van der Waals surface area contributed by atoms with Crippen LogP contribution in [0.3, 0.4) is 0 Å². The fourth-order valence-electron chi connectivity index (χ4n) is 1.69. The summed E-state index contributed by atoms with van der Waals surface area (Å²) in [5.41, 5.74) is 0. The summed E-state index contributed by atoms with van der Waals surface area (Å²) in [5.74, 6) is 0. The van der Waals surface area contributed by atoms with Crippen LogP contribution < -0.4 is 5.32 Å². The van der Waals surface area contributed by atoms with Gasteiger partial charge in [-0.3, -0.25) is 0 Å². The Kier molecular flexibility index (Phi) is 1.54. The number of hydrogen-bond acceptors (Lipinski definition) is 3. The molecule has 2 rings (SSSR count). The first-order valence-corrected chi connectivity index (χ1v) is 4.00. The molecule has 0 aliphatic carbocycles. The van der Waals surface area contributed by atoms with Crippen molar-refractivity contribution in [1.82, 2.24) is 15.1 Å². The molecule has 2 heterocycles. The van der Waals surface area contributed by atoms with Gasteiger partial charge in [-0.1, -0.05) is 0 Å². The number of nitriles is 1. The summed E-state index contributed by atoms with van der Waals surface area (Å²) < 4.78 is 0. The van der Waals surface area contributed by atoms with Crippen molar-refractivity contribution in [1.29, 1.82) is 5.26 Å². The molecule has 0 aromatic carbocycles. The van der Waals surface area contributed by atoms with Gasteiger partial charge in [0.1, 0.15) is 0 Å². The molecule has 1 atom stereocenters. The van der Waals surface area contributed by atoms with E-state index >= 15 is 0 Å². The molecule has 2 aliphatic heterocycles. The summed E-state index contributed by atoms with van der Waals surface area (Å²) in [6.45, 7) is 2.69. The van der Waals surface area contributed by atoms with E-state index in [1.165, 1.54) is 0 Å². The van der Waals surface area contributed by atoms with Crippen molar-refractivity contribution in [3.63, 3.8) is 0 Å². The van der Waals surface area contributed by atoms with Crippen LogP contribution >= 0.6 is 0 Å². The Morgan fingerprint density at radius 3 is 3.17 bits per heavy atom. The van der Waals surface area contributed by atoms with Crippen molar-refractivity contribution in [2.45, 2.75) is 6.04 Å². The molecule has 0 radical (unpaired) electrons. The molecule has 2 saturated heterocycles. The van der Waals surface area contributed by atoms with Crippen molar-refractivity contribution in [2.75, 3.05) is 26.2 Å². The van der Waals surface area contributed by atoms with Gasteiger partial charge in [-0.15, -0.1) is 0 Å². The maximum atomic E-state index is 11.1. The SMILES string of the molecule is N#CN1CCN2C(=O)NCC2C1. The summed E-state index contributed by atoms with van der Waals surface area (Å²) in [6, 6.07) is 0.212. The zero-order valence-electron chi connectivity index (χ0n) is 6.66. The summed E-state index contributed by atoms with van der Waals surface area (Å²) in [7, 11) is 0. The van der Waals surface area contributed by atoms with E-state index in [0.29, 0.717) is 26.2 Å². The standard InChI is InChI=1S/C7H10N4O/c8-5-10-1-2-11-6(4-10)3-9-7(11)12/h6H,1-4H2,(H,9,12). The van der Waals surface area contributed by atoms with Crippen LogP contribution in [-0.4, -0.2) is 48.1 Å². The van der Waals surface area contributed by atoms with Crippen molar-refractivity contribution in [3.8, 4) is 6.19 Å². The molecule has 0 bridgehead atoms. The molecule has 5 heteroatoms. The molecule has 2 amide bonds. The quantitative estimate of drug-likeness (QED) is 0.478. The normalized spacial score (nSPS) is 27.9. The minimum atomic E-state index is 0.0117. The second-order valence-electron chi connectivity index (χ2n) is 3.08. The smallest absolute Gasteiger partial charge is 0.317 e. The third-order valence-corrected chi connectivity index (χ3v) is 2.37. The van der Waals surface area contributed by atoms with E-state index < -0.39 is 0 Å². The predicted molar refractivity (Wildman–Crippen MR) is 41.1 cm³/mol. The number of fused-ring (bicyclic) bond motifs is 1. The maximum absolute atomic E-state index is 11.1. The summed E-state index contributed by atoms with van der Waals surface area (Å²) in [5, 5.41) is 11.4. The van der Waals surface area contributed by atoms with Crippen LogP contribution in [0.4, 0.5) is 4.79 Å². The topological polar surface area (TPSA) is 59.4 Å². The molecule has 1 unspecified atom stereocenters. The van der Waals surface area contributed by atoms with Crippen molar-refractivity contribution >= 4 is 6.03 Å². The molecule has 12 heavy (non-hydrogen) atoms. The summed E-state index contributed by atoms with van der Waals surface area (Å²) in [4.78, 5) is 14.6. The lowest BCUT2D eigenvalue weighted by atomic mass is 10.2. The van der Waals surface area contributed by atoms with Gasteiger partial charge in [0.25, 0.3) is 0 Å². The lowest BCUT2D eigenvalue weighted by Gasteiger charge is -2.33. The monoisotopic (exact) mass is 166 g/mol. The van der Waals surface area contributed by atoms with Crippen LogP contribution in [0.15, 0.2) is 0 Å². The van der Waals surface area contributed by atoms with E-state index in [9.17, 15) is 4.79 Å². The molecular weight excluding hydrogens is 156 g/mol. The van der Waals surface area contributed by atoms with Gasteiger partial charge in [-0.25, -0.2) is 4.79 Å². The molecule has 64 valence electrons. The summed E-state index contributed by atoms with van der Waals surface area (Å²) in [6.07, 6.45) is 2.10. The van der Waals surface area contributed by atoms with Crippen molar-refractivity contribution in [3.05, 3.63) is 0 Å². The molecule has 1 N–H and O–H groups in total. The number of amides is 2. The molecule has 0 aromatic heterocycles. The number of piperazine rings is 1. The third-order valence-electron chi connectivity index (χ3n) is 2.37. The Hall–Kier alpha value is -1.44. The Bertz CT molecular complexity index is 246. The highest BCUT2D eigenvalue weighted by molar-refractivity contribution is 5.77. The second-order valence-corrected chi connectivity index (χ2v) is 3.08. The second kappa shape index (κ2) is 2.55. The van der Waals surface area contributed by atoms with Crippen LogP contribution in [0.1, 0.15) is 0 Å². The largest absolute Gasteiger partial charge is 0.336 e. The van der Waals surface area contributed by atoms with Crippen LogP contribution in [0.2, 0.25) is 0 Å². The highest BCUT2D eigenvalue weighted by atomic mass is 16.2. The van der Waals surface area contributed by atoms with Crippen molar-refractivity contribution < 1.29 is 4.79 Å². The van der Waals surface area contributed by atoms with Gasteiger partial charge >= 0.3 is 6.03 Å². The average molecular weight is 166 g/mol. The van der Waals surface area contributed by atoms with Gasteiger partial charge in [0.2, 0.25) is 0 Å². The van der Waals surface area contributed by atoms with Crippen LogP contribution in [0.5, 0.6) is 0 Å². The van der Waals surface area contributed by atoms with Gasteiger partial charge in [-0.05, 0) is 0 Å². The number of carbonyl (C=O) groups excluding carboxylic acids is 1. The minimum Gasteiger partial charge on any atom is -0.336 e. The average Bonchev–Trinajstić information content (AvgIpc) is 2.47. The lowest BCUT2D eigenvalue weighted by Crippen LogP contribution is -2.50. The van der Waals surface area contributed by atoms with E-state index in [1.54, 1.807) is 9.80 Å². The summed E-state index contributed by atoms with van der Waals surface area (Å²) >= 11 is 0. The molecule has 0 saturated carbocycles. The molecule has 2 aliphatic rings. The highest BCUT2D eigenvalue weighted by Crippen LogP contribution is 2.12. The fraction of sp³-hybridized carbons (Fsp3) is 0.714. The van der Waals surface area contributed by atoms with Crippen LogP contribution in [0.25, 0.3) is 0 Å². The highest BCUT2D eigenvalue weighted by Gasteiger charge is 2.34. The first-order chi connectivity index (χ1) is 5.81. The Balaban J connectivity index is 2.05. The number of rotatable bonds is 0. The van der Waals surface area contributed by atoms with Gasteiger partial charge in [-0.2, -0.15) is 5.26 Å². The molecule has 2 fully saturated rings. The number of nitrogens with one attached hydrogen (secondary N) is 1. The molecule has 0 spiro atoms. The molecule has 0 aromatic rings. The number of nitrogens with zero attached hydrogens (tertiary/aromatic N) is 3. The van der Waals surface area contributed by atoms with Gasteiger partial charge < -0.3 is 15.1 Å². The van der Waals surface area contributed by atoms with E-state index in [4.69, 9.17) is 5.26 Å².